The summed E-state index contributed by atoms with van der Waals surface area (Å²) >= 11 is 5.94. The van der Waals surface area contributed by atoms with Crippen LogP contribution in [0.5, 0.6) is 0 Å². The molecule has 1 fully saturated rings. The molecule has 5 rings (SSSR count). The van der Waals surface area contributed by atoms with E-state index in [1.807, 2.05) is 0 Å². The molecule has 2 aromatic heterocycles. The fourth-order valence-electron chi connectivity index (χ4n) is 4.92. The molecule has 14 heteroatoms. The Bertz CT molecular complexity index is 1590. The zero-order chi connectivity index (χ0) is 29.3. The van der Waals surface area contributed by atoms with E-state index in [2.05, 4.69) is 15.2 Å². The first kappa shape index (κ1) is 28.6. The molecular weight excluding hydrogens is 563 g/mol. The number of para-hydroxylation sites is 1. The average molecular weight is 590 g/mol. The molecule has 10 nitrogen and oxygen atoms in total. The molecule has 1 aliphatic carbocycles. The lowest BCUT2D eigenvalue weighted by atomic mass is 10.1. The van der Waals surface area contributed by atoms with E-state index in [4.69, 9.17) is 11.6 Å². The monoisotopic (exact) mass is 589 g/mol. The summed E-state index contributed by atoms with van der Waals surface area (Å²) in [6, 6.07) is 13.2. The van der Waals surface area contributed by atoms with E-state index >= 15 is 0 Å². The maximum atomic E-state index is 13.3. The van der Waals surface area contributed by atoms with E-state index in [0.717, 1.165) is 34.9 Å². The second kappa shape index (κ2) is 11.5. The summed E-state index contributed by atoms with van der Waals surface area (Å²) in [5.41, 5.74) is 0.375. The van der Waals surface area contributed by atoms with Crippen molar-refractivity contribution in [3.05, 3.63) is 81.8 Å². The molecule has 41 heavy (non-hydrogen) atoms. The summed E-state index contributed by atoms with van der Waals surface area (Å²) in [4.78, 5) is 32.5. The minimum atomic E-state index is -4.93. The molecule has 1 saturated carbocycles. The van der Waals surface area contributed by atoms with Gasteiger partial charge in [0.1, 0.15) is 12.9 Å². The molecular formula is C27H27ClF3N7O3. The predicted octanol–water partition coefficient (Wildman–Crippen LogP) is 3.93. The van der Waals surface area contributed by atoms with Crippen molar-refractivity contribution in [1.82, 2.24) is 34.0 Å². The lowest BCUT2D eigenvalue weighted by Crippen LogP contribution is -2.37. The first-order chi connectivity index (χ1) is 19.5. The Morgan fingerprint density at radius 2 is 1.80 bits per heavy atom. The largest absolute Gasteiger partial charge is 0.416 e. The van der Waals surface area contributed by atoms with Crippen LogP contribution in [0.4, 0.5) is 13.2 Å². The summed E-state index contributed by atoms with van der Waals surface area (Å²) in [6.45, 7) is -1.31. The molecule has 0 saturated heterocycles. The third kappa shape index (κ3) is 6.05. The highest BCUT2D eigenvalue weighted by atomic mass is 35.5. The molecule has 4 aromatic rings. The number of halogens is 4. The van der Waals surface area contributed by atoms with Crippen LogP contribution in [-0.2, 0) is 13.1 Å². The van der Waals surface area contributed by atoms with Crippen LogP contribution in [0.25, 0.3) is 17.1 Å². The number of carbonyl (C=O) groups is 1. The number of rotatable bonds is 8. The maximum absolute atomic E-state index is 13.3. The molecule has 216 valence electrons. The molecule has 1 atom stereocenters. The summed E-state index contributed by atoms with van der Waals surface area (Å²) in [6.07, 6.45) is -2.24. The Balaban J connectivity index is 1.45. The minimum Gasteiger partial charge on any atom is -0.382 e. The van der Waals surface area contributed by atoms with Gasteiger partial charge in [-0.1, -0.05) is 36.6 Å². The Morgan fingerprint density at radius 1 is 1.12 bits per heavy atom. The normalized spacial score (nSPS) is 14.9. The van der Waals surface area contributed by atoms with Crippen molar-refractivity contribution in [2.45, 2.75) is 57.1 Å². The zero-order valence-corrected chi connectivity index (χ0v) is 22.8. The predicted molar refractivity (Wildman–Crippen MR) is 144 cm³/mol. The van der Waals surface area contributed by atoms with Crippen LogP contribution in [-0.4, -0.2) is 70.4 Å². The summed E-state index contributed by atoms with van der Waals surface area (Å²) < 4.78 is 42.5. The third-order valence-electron chi connectivity index (χ3n) is 7.16. The summed E-state index contributed by atoms with van der Waals surface area (Å²) in [5, 5.41) is 18.7. The van der Waals surface area contributed by atoms with E-state index in [1.165, 1.54) is 35.3 Å². The van der Waals surface area contributed by atoms with Gasteiger partial charge < -0.3 is 10.0 Å². The molecule has 1 aliphatic rings. The first-order valence-electron chi connectivity index (χ1n) is 13.0. The second-order valence-electron chi connectivity index (χ2n) is 9.92. The van der Waals surface area contributed by atoms with Gasteiger partial charge in [-0.2, -0.15) is 13.2 Å². The zero-order valence-electron chi connectivity index (χ0n) is 22.0. The smallest absolute Gasteiger partial charge is 0.382 e. The van der Waals surface area contributed by atoms with E-state index in [1.54, 1.807) is 36.2 Å². The van der Waals surface area contributed by atoms with Gasteiger partial charge in [0.2, 0.25) is 0 Å². The molecule has 2 aromatic carbocycles. The van der Waals surface area contributed by atoms with Crippen LogP contribution in [0, 0.1) is 0 Å². The second-order valence-corrected chi connectivity index (χ2v) is 10.4. The molecule has 0 spiro atoms. The Kier molecular flexibility index (Phi) is 8.00. The number of hydrogen-bond acceptors (Lipinski definition) is 6. The van der Waals surface area contributed by atoms with Crippen molar-refractivity contribution in [3.8, 4) is 17.1 Å². The lowest BCUT2D eigenvalue weighted by Gasteiger charge is -2.25. The number of nitrogens with zero attached hydrogens (tertiary/aromatic N) is 7. The van der Waals surface area contributed by atoms with Gasteiger partial charge in [0.25, 0.3) is 5.91 Å². The first-order valence-corrected chi connectivity index (χ1v) is 13.4. The van der Waals surface area contributed by atoms with Crippen LogP contribution in [0.15, 0.2) is 59.7 Å². The van der Waals surface area contributed by atoms with Crippen LogP contribution in [0.3, 0.4) is 0 Å². The molecule has 0 aliphatic heterocycles. The van der Waals surface area contributed by atoms with E-state index in [-0.39, 0.29) is 30.1 Å². The van der Waals surface area contributed by atoms with Crippen molar-refractivity contribution in [2.75, 3.05) is 7.05 Å². The van der Waals surface area contributed by atoms with Crippen molar-refractivity contribution in [1.29, 1.82) is 0 Å². The van der Waals surface area contributed by atoms with Crippen molar-refractivity contribution >= 4 is 17.5 Å². The van der Waals surface area contributed by atoms with Gasteiger partial charge in [0.05, 0.1) is 17.8 Å². The fraction of sp³-hybridized carbons (Fsp3) is 0.370. The number of benzene rings is 2. The highest BCUT2D eigenvalue weighted by Gasteiger charge is 2.39. The number of aliphatic hydroxyl groups is 1. The van der Waals surface area contributed by atoms with Gasteiger partial charge in [0, 0.05) is 23.7 Å². The van der Waals surface area contributed by atoms with E-state index in [0.29, 0.717) is 21.8 Å². The highest BCUT2D eigenvalue weighted by Crippen LogP contribution is 2.26. The van der Waals surface area contributed by atoms with Gasteiger partial charge in [-0.15, -0.1) is 10.2 Å². The van der Waals surface area contributed by atoms with Gasteiger partial charge in [-0.05, 0) is 49.2 Å². The number of carbonyl (C=O) groups excluding carboxylic acids is 1. The van der Waals surface area contributed by atoms with Crippen molar-refractivity contribution in [2.24, 2.45) is 0 Å². The van der Waals surface area contributed by atoms with Gasteiger partial charge in [0.15, 0.2) is 17.8 Å². The maximum Gasteiger partial charge on any atom is 0.416 e. The molecule has 2 heterocycles. The number of aromatic nitrogens is 6. The number of amides is 1. The van der Waals surface area contributed by atoms with Crippen LogP contribution in [0.1, 0.15) is 41.9 Å². The van der Waals surface area contributed by atoms with Crippen LogP contribution < -0.4 is 5.69 Å². The van der Waals surface area contributed by atoms with Gasteiger partial charge in [-0.3, -0.25) is 9.36 Å². The third-order valence-corrected chi connectivity index (χ3v) is 7.42. The van der Waals surface area contributed by atoms with Crippen molar-refractivity contribution < 1.29 is 23.1 Å². The summed E-state index contributed by atoms with van der Waals surface area (Å²) in [7, 11) is 1.79. The number of aliphatic hydroxyl groups excluding tert-OH is 1. The lowest BCUT2D eigenvalue weighted by molar-refractivity contribution is -0.207. The molecule has 1 amide bonds. The minimum absolute atomic E-state index is 0.0831. The molecule has 1 unspecified atom stereocenters. The van der Waals surface area contributed by atoms with Crippen LogP contribution in [0.2, 0.25) is 5.02 Å². The number of hydrogen-bond donors (Lipinski definition) is 1. The van der Waals surface area contributed by atoms with Crippen molar-refractivity contribution in [3.63, 3.8) is 0 Å². The fourth-order valence-corrected chi connectivity index (χ4v) is 5.04. The van der Waals surface area contributed by atoms with Gasteiger partial charge >= 0.3 is 11.9 Å². The van der Waals surface area contributed by atoms with Crippen LogP contribution >= 0.6 is 11.6 Å². The molecule has 0 bridgehead atoms. The Hall–Kier alpha value is -3.97. The highest BCUT2D eigenvalue weighted by molar-refractivity contribution is 6.30. The number of alkyl halides is 3. The van der Waals surface area contributed by atoms with E-state index in [9.17, 15) is 27.9 Å². The Morgan fingerprint density at radius 3 is 2.49 bits per heavy atom. The molecule has 1 N–H and O–H groups in total. The summed E-state index contributed by atoms with van der Waals surface area (Å²) in [5.74, 6) is -0.0854. The van der Waals surface area contributed by atoms with E-state index < -0.39 is 24.5 Å². The standard InChI is InChI=1S/C27H27ClF3N7O3/c1-35(19-6-2-3-7-19)25(40)20-8-4-5-9-21(20)38-16-32-23(33-38)15-37-26(41)36(14-22(39)27(29,30)31)24(34-37)17-10-12-18(28)13-11-17/h4-5,8-13,16,19,22,39H,2-3,6-7,14-15H2,1H3. The average Bonchev–Trinajstić information content (AvgIpc) is 3.71. The Labute approximate surface area is 237 Å². The van der Waals surface area contributed by atoms with Gasteiger partial charge in [-0.25, -0.2) is 19.1 Å². The topological polar surface area (TPSA) is 111 Å². The SMILES string of the molecule is CN(C(=O)c1ccccc1-n1cnc(Cn2nc(-c3ccc(Cl)cc3)n(CC(O)C(F)(F)F)c2=O)n1)C1CCCC1. The quantitative estimate of drug-likeness (QED) is 0.333. The molecule has 0 radical (unpaired) electrons.